The molecular formula is C13H17BrO2. The summed E-state index contributed by atoms with van der Waals surface area (Å²) < 4.78 is 6.40. The smallest absolute Gasteiger partial charge is 0.0820 e. The van der Waals surface area contributed by atoms with Crippen LogP contribution in [0, 0.1) is 12.8 Å². The Morgan fingerprint density at radius 2 is 2.06 bits per heavy atom. The third-order valence-corrected chi connectivity index (χ3v) is 4.13. The molecule has 1 heterocycles. The first kappa shape index (κ1) is 12.1. The number of rotatable bonds is 2. The van der Waals surface area contributed by atoms with Gasteiger partial charge in [-0.2, -0.15) is 0 Å². The summed E-state index contributed by atoms with van der Waals surface area (Å²) in [7, 11) is 0. The summed E-state index contributed by atoms with van der Waals surface area (Å²) >= 11 is 3.47. The zero-order valence-corrected chi connectivity index (χ0v) is 11.0. The van der Waals surface area contributed by atoms with Crippen LogP contribution < -0.4 is 0 Å². The van der Waals surface area contributed by atoms with Crippen molar-refractivity contribution in [2.24, 2.45) is 5.92 Å². The molecule has 16 heavy (non-hydrogen) atoms. The molecule has 0 saturated carbocycles. The summed E-state index contributed by atoms with van der Waals surface area (Å²) in [4.78, 5) is 0. The minimum atomic E-state index is -0.351. The van der Waals surface area contributed by atoms with Crippen molar-refractivity contribution >= 4 is 15.9 Å². The average molecular weight is 285 g/mol. The third kappa shape index (κ3) is 2.65. The number of hydrogen-bond acceptors (Lipinski definition) is 2. The minimum absolute atomic E-state index is 0.342. The van der Waals surface area contributed by atoms with Gasteiger partial charge in [-0.05, 0) is 42.9 Å². The zero-order valence-electron chi connectivity index (χ0n) is 9.45. The topological polar surface area (TPSA) is 29.5 Å². The highest BCUT2D eigenvalue weighted by atomic mass is 79.9. The van der Waals surface area contributed by atoms with E-state index in [1.165, 1.54) is 5.56 Å². The summed E-state index contributed by atoms with van der Waals surface area (Å²) in [5.74, 6) is 0.342. The number of aliphatic hydroxyl groups is 1. The van der Waals surface area contributed by atoms with E-state index in [0.29, 0.717) is 5.92 Å². The van der Waals surface area contributed by atoms with Crippen LogP contribution in [0.5, 0.6) is 0 Å². The van der Waals surface area contributed by atoms with E-state index in [-0.39, 0.29) is 6.10 Å². The lowest BCUT2D eigenvalue weighted by Gasteiger charge is -2.27. The predicted molar refractivity (Wildman–Crippen MR) is 67.4 cm³/mol. The second-order valence-electron chi connectivity index (χ2n) is 4.40. The second kappa shape index (κ2) is 5.30. The molecule has 88 valence electrons. The Kier molecular flexibility index (Phi) is 4.00. The highest BCUT2D eigenvalue weighted by Gasteiger charge is 2.23. The minimum Gasteiger partial charge on any atom is -0.388 e. The molecule has 1 aliphatic rings. The van der Waals surface area contributed by atoms with Crippen LogP contribution in [-0.2, 0) is 4.74 Å². The van der Waals surface area contributed by atoms with Gasteiger partial charge in [-0.1, -0.05) is 28.1 Å². The highest BCUT2D eigenvalue weighted by Crippen LogP contribution is 2.31. The lowest BCUT2D eigenvalue weighted by atomic mass is 9.89. The molecule has 1 N–H and O–H groups in total. The van der Waals surface area contributed by atoms with Crippen LogP contribution in [0.1, 0.15) is 30.1 Å². The van der Waals surface area contributed by atoms with Crippen molar-refractivity contribution in [2.75, 3.05) is 13.2 Å². The van der Waals surface area contributed by atoms with E-state index in [4.69, 9.17) is 4.74 Å². The first-order valence-corrected chi connectivity index (χ1v) is 6.49. The van der Waals surface area contributed by atoms with Crippen molar-refractivity contribution in [2.45, 2.75) is 25.9 Å². The molecule has 0 aromatic heterocycles. The first-order chi connectivity index (χ1) is 7.68. The van der Waals surface area contributed by atoms with Gasteiger partial charge in [0.05, 0.1) is 6.10 Å². The highest BCUT2D eigenvalue weighted by molar-refractivity contribution is 9.10. The monoisotopic (exact) mass is 284 g/mol. The maximum atomic E-state index is 10.3. The zero-order chi connectivity index (χ0) is 11.5. The standard InChI is InChI=1S/C13H17BrO2/c1-9-8-11(2-3-12(9)14)13(15)10-4-6-16-7-5-10/h2-3,8,10,13,15H,4-7H2,1H3. The number of aryl methyl sites for hydroxylation is 1. The van der Waals surface area contributed by atoms with Crippen LogP contribution in [-0.4, -0.2) is 18.3 Å². The van der Waals surface area contributed by atoms with Crippen molar-refractivity contribution < 1.29 is 9.84 Å². The second-order valence-corrected chi connectivity index (χ2v) is 5.26. The van der Waals surface area contributed by atoms with Gasteiger partial charge in [0.25, 0.3) is 0 Å². The summed E-state index contributed by atoms with van der Waals surface area (Å²) in [6.45, 7) is 3.60. The molecule has 1 fully saturated rings. The van der Waals surface area contributed by atoms with Gasteiger partial charge in [0.1, 0.15) is 0 Å². The fourth-order valence-electron chi connectivity index (χ4n) is 2.16. The largest absolute Gasteiger partial charge is 0.388 e. The van der Waals surface area contributed by atoms with E-state index in [1.54, 1.807) is 0 Å². The van der Waals surface area contributed by atoms with Crippen molar-refractivity contribution in [1.82, 2.24) is 0 Å². The molecule has 1 aromatic rings. The van der Waals surface area contributed by atoms with E-state index in [1.807, 2.05) is 19.1 Å². The molecule has 0 spiro atoms. The number of aliphatic hydroxyl groups excluding tert-OH is 1. The Hall–Kier alpha value is -0.380. The van der Waals surface area contributed by atoms with Gasteiger partial charge in [-0.15, -0.1) is 0 Å². The van der Waals surface area contributed by atoms with Gasteiger partial charge in [0.2, 0.25) is 0 Å². The molecule has 2 rings (SSSR count). The van der Waals surface area contributed by atoms with Gasteiger partial charge >= 0.3 is 0 Å². The van der Waals surface area contributed by atoms with Gasteiger partial charge in [0.15, 0.2) is 0 Å². The van der Waals surface area contributed by atoms with E-state index in [2.05, 4.69) is 22.0 Å². The van der Waals surface area contributed by atoms with Crippen LogP contribution >= 0.6 is 15.9 Å². The summed E-state index contributed by atoms with van der Waals surface area (Å²) in [6, 6.07) is 6.06. The molecule has 0 radical (unpaired) electrons. The third-order valence-electron chi connectivity index (χ3n) is 3.24. The molecule has 1 atom stereocenters. The molecule has 0 amide bonds. The Morgan fingerprint density at radius 3 is 2.69 bits per heavy atom. The SMILES string of the molecule is Cc1cc(C(O)C2CCOCC2)ccc1Br. The van der Waals surface area contributed by atoms with E-state index in [0.717, 1.165) is 36.1 Å². The molecule has 1 saturated heterocycles. The van der Waals surface area contributed by atoms with Crippen LogP contribution in [0.25, 0.3) is 0 Å². The number of ether oxygens (including phenoxy) is 1. The Balaban J connectivity index is 2.12. The van der Waals surface area contributed by atoms with Crippen molar-refractivity contribution in [3.63, 3.8) is 0 Å². The molecule has 1 unspecified atom stereocenters. The van der Waals surface area contributed by atoms with E-state index < -0.39 is 0 Å². The fourth-order valence-corrected chi connectivity index (χ4v) is 2.40. The number of benzene rings is 1. The molecule has 1 aliphatic heterocycles. The maximum Gasteiger partial charge on any atom is 0.0820 e. The van der Waals surface area contributed by atoms with Gasteiger partial charge in [-0.25, -0.2) is 0 Å². The number of hydrogen-bond donors (Lipinski definition) is 1. The summed E-state index contributed by atoms with van der Waals surface area (Å²) in [5.41, 5.74) is 2.19. The van der Waals surface area contributed by atoms with Crippen LogP contribution in [0.2, 0.25) is 0 Å². The van der Waals surface area contributed by atoms with Crippen molar-refractivity contribution in [3.05, 3.63) is 33.8 Å². The average Bonchev–Trinajstić information content (AvgIpc) is 2.33. The molecular weight excluding hydrogens is 268 g/mol. The fraction of sp³-hybridized carbons (Fsp3) is 0.538. The first-order valence-electron chi connectivity index (χ1n) is 5.70. The summed E-state index contributed by atoms with van der Waals surface area (Å²) in [6.07, 6.45) is 1.56. The van der Waals surface area contributed by atoms with Gasteiger partial charge < -0.3 is 9.84 Å². The Morgan fingerprint density at radius 1 is 1.38 bits per heavy atom. The van der Waals surface area contributed by atoms with E-state index >= 15 is 0 Å². The van der Waals surface area contributed by atoms with Crippen molar-refractivity contribution in [3.8, 4) is 0 Å². The Labute approximate surface area is 105 Å². The van der Waals surface area contributed by atoms with E-state index in [9.17, 15) is 5.11 Å². The normalized spacial score (nSPS) is 19.7. The molecule has 0 bridgehead atoms. The van der Waals surface area contributed by atoms with Crippen LogP contribution in [0.15, 0.2) is 22.7 Å². The van der Waals surface area contributed by atoms with Crippen LogP contribution in [0.3, 0.4) is 0 Å². The predicted octanol–water partition coefficient (Wildman–Crippen LogP) is 3.22. The lowest BCUT2D eigenvalue weighted by Crippen LogP contribution is -2.22. The lowest BCUT2D eigenvalue weighted by molar-refractivity contribution is 0.00716. The molecule has 1 aromatic carbocycles. The van der Waals surface area contributed by atoms with Crippen molar-refractivity contribution in [1.29, 1.82) is 0 Å². The molecule has 0 aliphatic carbocycles. The van der Waals surface area contributed by atoms with Gasteiger partial charge in [-0.3, -0.25) is 0 Å². The van der Waals surface area contributed by atoms with Crippen LogP contribution in [0.4, 0.5) is 0 Å². The Bertz CT molecular complexity index is 359. The summed E-state index contributed by atoms with van der Waals surface area (Å²) in [5, 5.41) is 10.3. The number of halogens is 1. The maximum absolute atomic E-state index is 10.3. The van der Waals surface area contributed by atoms with Gasteiger partial charge in [0, 0.05) is 17.7 Å². The molecule has 2 nitrogen and oxygen atoms in total. The quantitative estimate of drug-likeness (QED) is 0.904. The molecule has 3 heteroatoms.